The maximum atomic E-state index is 6.13. The molecule has 0 fully saturated rings. The van der Waals surface area contributed by atoms with Gasteiger partial charge in [0.1, 0.15) is 0 Å². The second-order valence-electron chi connectivity index (χ2n) is 4.76. The van der Waals surface area contributed by atoms with Crippen LogP contribution in [0.5, 0.6) is 0 Å². The number of nitrogens with two attached hydrogens (primary N) is 1. The Labute approximate surface area is 92.7 Å². The number of imidazole rings is 1. The fourth-order valence-electron chi connectivity index (χ4n) is 1.97. The lowest BCUT2D eigenvalue weighted by atomic mass is 10.0. The van der Waals surface area contributed by atoms with Crippen LogP contribution in [-0.2, 0) is 5.54 Å². The number of hydrogen-bond donors (Lipinski definition) is 1. The Bertz CT molecular complexity index is 296. The monoisotopic (exact) mass is 209 g/mol. The van der Waals surface area contributed by atoms with E-state index in [0.29, 0.717) is 6.04 Å². The predicted molar refractivity (Wildman–Crippen MR) is 63.7 cm³/mol. The van der Waals surface area contributed by atoms with Crippen LogP contribution in [0.2, 0.25) is 0 Å². The van der Waals surface area contributed by atoms with Gasteiger partial charge >= 0.3 is 0 Å². The molecule has 86 valence electrons. The molecule has 1 rings (SSSR count). The third-order valence-electron chi connectivity index (χ3n) is 2.81. The van der Waals surface area contributed by atoms with Crippen LogP contribution in [0.4, 0.5) is 0 Å². The summed E-state index contributed by atoms with van der Waals surface area (Å²) in [7, 11) is 0. The van der Waals surface area contributed by atoms with Crippen LogP contribution in [0.25, 0.3) is 0 Å². The minimum Gasteiger partial charge on any atom is -0.330 e. The molecule has 0 amide bonds. The van der Waals surface area contributed by atoms with Crippen LogP contribution >= 0.6 is 0 Å². The molecule has 0 aliphatic rings. The molecule has 0 radical (unpaired) electrons. The highest BCUT2D eigenvalue weighted by Gasteiger charge is 2.21. The van der Waals surface area contributed by atoms with E-state index in [1.165, 1.54) is 12.8 Å². The molecule has 3 heteroatoms. The van der Waals surface area contributed by atoms with Crippen LogP contribution in [0.1, 0.15) is 58.7 Å². The summed E-state index contributed by atoms with van der Waals surface area (Å²) in [5.74, 6) is 0. The van der Waals surface area contributed by atoms with Crippen molar-refractivity contribution in [3.8, 4) is 0 Å². The van der Waals surface area contributed by atoms with Gasteiger partial charge in [-0.1, -0.05) is 20.3 Å². The van der Waals surface area contributed by atoms with Gasteiger partial charge in [-0.05, 0) is 26.7 Å². The van der Waals surface area contributed by atoms with Crippen LogP contribution < -0.4 is 5.73 Å². The van der Waals surface area contributed by atoms with Gasteiger partial charge in [-0.2, -0.15) is 0 Å². The molecule has 2 N–H and O–H groups in total. The average molecular weight is 209 g/mol. The number of nitrogens with zero attached hydrogens (tertiary/aromatic N) is 2. The predicted octanol–water partition coefficient (Wildman–Crippen LogP) is 2.83. The van der Waals surface area contributed by atoms with E-state index in [-0.39, 0.29) is 5.54 Å². The molecule has 0 spiro atoms. The summed E-state index contributed by atoms with van der Waals surface area (Å²) in [5, 5.41) is 0. The average Bonchev–Trinajstić information content (AvgIpc) is 2.61. The quantitative estimate of drug-likeness (QED) is 0.810. The molecule has 15 heavy (non-hydrogen) atoms. The smallest absolute Gasteiger partial charge is 0.0951 e. The van der Waals surface area contributed by atoms with Gasteiger partial charge in [-0.15, -0.1) is 0 Å². The summed E-state index contributed by atoms with van der Waals surface area (Å²) < 4.78 is 2.24. The van der Waals surface area contributed by atoms with Crippen molar-refractivity contribution >= 4 is 0 Å². The lowest BCUT2D eigenvalue weighted by Crippen LogP contribution is -2.32. The minimum absolute atomic E-state index is 0.308. The second-order valence-corrected chi connectivity index (χ2v) is 4.76. The zero-order valence-corrected chi connectivity index (χ0v) is 10.3. The van der Waals surface area contributed by atoms with Gasteiger partial charge in [0.15, 0.2) is 0 Å². The molecule has 1 atom stereocenters. The number of hydrogen-bond acceptors (Lipinski definition) is 2. The van der Waals surface area contributed by atoms with Gasteiger partial charge in [-0.3, -0.25) is 0 Å². The van der Waals surface area contributed by atoms with E-state index in [9.17, 15) is 0 Å². The Morgan fingerprint density at radius 2 is 2.13 bits per heavy atom. The third-order valence-corrected chi connectivity index (χ3v) is 2.81. The normalized spacial score (nSPS) is 14.2. The lowest BCUT2D eigenvalue weighted by Gasteiger charge is -2.25. The Kier molecular flexibility index (Phi) is 3.91. The van der Waals surface area contributed by atoms with Gasteiger partial charge < -0.3 is 10.3 Å². The van der Waals surface area contributed by atoms with Crippen molar-refractivity contribution in [1.29, 1.82) is 0 Å². The second kappa shape index (κ2) is 4.79. The summed E-state index contributed by atoms with van der Waals surface area (Å²) in [6.07, 6.45) is 7.32. The topological polar surface area (TPSA) is 43.8 Å². The summed E-state index contributed by atoms with van der Waals surface area (Å²) in [6.45, 7) is 8.48. The summed E-state index contributed by atoms with van der Waals surface area (Å²) in [5.41, 5.74) is 6.95. The Hall–Kier alpha value is -0.830. The fourth-order valence-corrected chi connectivity index (χ4v) is 1.97. The first-order valence-corrected chi connectivity index (χ1v) is 5.81. The zero-order valence-electron chi connectivity index (χ0n) is 10.3. The Morgan fingerprint density at radius 3 is 2.60 bits per heavy atom. The first-order chi connectivity index (χ1) is 7.00. The van der Waals surface area contributed by atoms with Gasteiger partial charge in [0.05, 0.1) is 17.6 Å². The van der Waals surface area contributed by atoms with Crippen molar-refractivity contribution in [3.63, 3.8) is 0 Å². The molecule has 1 unspecified atom stereocenters. The van der Waals surface area contributed by atoms with Crippen molar-refractivity contribution in [2.45, 2.75) is 58.5 Å². The van der Waals surface area contributed by atoms with Gasteiger partial charge in [0.25, 0.3) is 0 Å². The van der Waals surface area contributed by atoms with E-state index in [2.05, 4.69) is 23.4 Å². The van der Waals surface area contributed by atoms with E-state index >= 15 is 0 Å². The van der Waals surface area contributed by atoms with Crippen LogP contribution in [-0.4, -0.2) is 9.55 Å². The maximum absolute atomic E-state index is 6.13. The summed E-state index contributed by atoms with van der Waals surface area (Å²) in [6, 6.07) is 0.537. The van der Waals surface area contributed by atoms with E-state index in [4.69, 9.17) is 5.73 Å². The van der Waals surface area contributed by atoms with E-state index in [1.807, 2.05) is 26.4 Å². The van der Waals surface area contributed by atoms with Crippen LogP contribution in [0.3, 0.4) is 0 Å². The third kappa shape index (κ3) is 2.81. The van der Waals surface area contributed by atoms with Crippen molar-refractivity contribution in [1.82, 2.24) is 9.55 Å². The molecule has 0 aliphatic heterocycles. The molecule has 3 nitrogen and oxygen atoms in total. The standard InChI is InChI=1S/C12H23N3/c1-5-7-10(6-2)15-9-14-8-11(15)12(3,4)13/h8-10H,5-7,13H2,1-4H3. The first-order valence-electron chi connectivity index (χ1n) is 5.81. The van der Waals surface area contributed by atoms with Crippen LogP contribution in [0.15, 0.2) is 12.5 Å². The zero-order chi connectivity index (χ0) is 11.5. The van der Waals surface area contributed by atoms with E-state index < -0.39 is 0 Å². The summed E-state index contributed by atoms with van der Waals surface area (Å²) in [4.78, 5) is 4.22. The molecule has 0 saturated carbocycles. The molecule has 0 aromatic carbocycles. The van der Waals surface area contributed by atoms with E-state index in [1.54, 1.807) is 0 Å². The van der Waals surface area contributed by atoms with Gasteiger partial charge in [0.2, 0.25) is 0 Å². The first kappa shape index (κ1) is 12.2. The maximum Gasteiger partial charge on any atom is 0.0951 e. The number of rotatable bonds is 5. The van der Waals surface area contributed by atoms with Crippen molar-refractivity contribution in [2.75, 3.05) is 0 Å². The minimum atomic E-state index is -0.308. The molecule has 0 saturated heterocycles. The van der Waals surface area contributed by atoms with Gasteiger partial charge in [-0.25, -0.2) is 4.98 Å². The van der Waals surface area contributed by atoms with Crippen LogP contribution in [0, 0.1) is 0 Å². The molecule has 1 aromatic rings. The summed E-state index contributed by atoms with van der Waals surface area (Å²) >= 11 is 0. The molecular formula is C12H23N3. The number of aromatic nitrogens is 2. The van der Waals surface area contributed by atoms with Gasteiger partial charge in [0, 0.05) is 12.2 Å². The Balaban J connectivity index is 2.97. The molecule has 0 bridgehead atoms. The highest BCUT2D eigenvalue weighted by atomic mass is 15.1. The fraction of sp³-hybridized carbons (Fsp3) is 0.750. The molecule has 0 aliphatic carbocycles. The largest absolute Gasteiger partial charge is 0.330 e. The SMILES string of the molecule is CCCC(CC)n1cncc1C(C)(C)N. The highest BCUT2D eigenvalue weighted by molar-refractivity contribution is 5.11. The highest BCUT2D eigenvalue weighted by Crippen LogP contribution is 2.24. The Morgan fingerprint density at radius 1 is 1.47 bits per heavy atom. The molecular weight excluding hydrogens is 186 g/mol. The lowest BCUT2D eigenvalue weighted by molar-refractivity contribution is 0.399. The molecule has 1 aromatic heterocycles. The molecule has 1 heterocycles. The van der Waals surface area contributed by atoms with Crippen molar-refractivity contribution < 1.29 is 0 Å². The van der Waals surface area contributed by atoms with E-state index in [0.717, 1.165) is 12.1 Å². The van der Waals surface area contributed by atoms with Crippen molar-refractivity contribution in [2.24, 2.45) is 5.73 Å². The van der Waals surface area contributed by atoms with Crippen molar-refractivity contribution in [3.05, 3.63) is 18.2 Å².